The Labute approximate surface area is 88.8 Å². The second kappa shape index (κ2) is 5.14. The molecule has 80 valence electrons. The minimum atomic E-state index is -0.362. The first-order valence-corrected chi connectivity index (χ1v) is 4.77. The number of nitrogens with one attached hydrogen (secondary N) is 1. The largest absolute Gasteiger partial charge is 0.384 e. The summed E-state index contributed by atoms with van der Waals surface area (Å²) in [4.78, 5) is 10.0. The summed E-state index contributed by atoms with van der Waals surface area (Å²) in [6.07, 6.45) is 2.64. The van der Waals surface area contributed by atoms with Crippen LogP contribution in [0.1, 0.15) is 12.5 Å². The molecule has 0 saturated heterocycles. The second-order valence-corrected chi connectivity index (χ2v) is 3.18. The maximum atomic E-state index is 10.4. The van der Waals surface area contributed by atoms with Crippen LogP contribution < -0.4 is 5.32 Å². The first kappa shape index (κ1) is 11.2. The Morgan fingerprint density at radius 2 is 2.27 bits per heavy atom. The van der Waals surface area contributed by atoms with E-state index in [-0.39, 0.29) is 10.6 Å². The van der Waals surface area contributed by atoms with E-state index in [0.717, 1.165) is 24.2 Å². The predicted octanol–water partition coefficient (Wildman–Crippen LogP) is 2.76. The fourth-order valence-corrected chi connectivity index (χ4v) is 1.40. The normalized spacial score (nSPS) is 11.8. The zero-order valence-electron chi connectivity index (χ0n) is 8.69. The molecule has 0 aliphatic carbocycles. The van der Waals surface area contributed by atoms with Crippen LogP contribution in [0.25, 0.3) is 0 Å². The highest BCUT2D eigenvalue weighted by Gasteiger charge is 2.13. The molecule has 0 amide bonds. The van der Waals surface area contributed by atoms with Gasteiger partial charge in [0.15, 0.2) is 0 Å². The smallest absolute Gasteiger partial charge is 0.269 e. The van der Waals surface area contributed by atoms with E-state index in [0.29, 0.717) is 0 Å². The number of anilines is 1. The molecule has 0 atom stereocenters. The molecule has 4 heteroatoms. The van der Waals surface area contributed by atoms with Gasteiger partial charge in [-0.25, -0.2) is 0 Å². The zero-order chi connectivity index (χ0) is 11.3. The van der Waals surface area contributed by atoms with Gasteiger partial charge in [0.05, 0.1) is 4.92 Å². The molecule has 0 unspecified atom stereocenters. The maximum Gasteiger partial charge on any atom is 0.269 e. The number of nitro benzene ring substituents is 1. The minimum Gasteiger partial charge on any atom is -0.384 e. The third-order valence-corrected chi connectivity index (χ3v) is 2.01. The molecule has 0 saturated carbocycles. The Morgan fingerprint density at radius 1 is 1.60 bits per heavy atom. The molecule has 2 rings (SSSR count). The number of hydrogen-bond acceptors (Lipinski definition) is 3. The molecule has 0 radical (unpaired) electrons. The Hall–Kier alpha value is -1.84. The summed E-state index contributed by atoms with van der Waals surface area (Å²) >= 11 is 0. The van der Waals surface area contributed by atoms with Gasteiger partial charge in [0, 0.05) is 24.4 Å². The fourth-order valence-electron chi connectivity index (χ4n) is 1.40. The van der Waals surface area contributed by atoms with Gasteiger partial charge in [-0.3, -0.25) is 10.1 Å². The van der Waals surface area contributed by atoms with Crippen molar-refractivity contribution in [3.05, 3.63) is 46.5 Å². The van der Waals surface area contributed by atoms with Crippen molar-refractivity contribution >= 4 is 11.4 Å². The van der Waals surface area contributed by atoms with Crippen LogP contribution in [-0.2, 0) is 6.42 Å². The molecule has 1 aromatic rings. The molecule has 0 fully saturated rings. The highest BCUT2D eigenvalue weighted by atomic mass is 16.6. The van der Waals surface area contributed by atoms with Gasteiger partial charge < -0.3 is 5.32 Å². The first-order valence-electron chi connectivity index (χ1n) is 4.77. The van der Waals surface area contributed by atoms with Crippen LogP contribution in [0, 0.1) is 10.1 Å². The number of allylic oxidation sites excluding steroid dienone is 1. The van der Waals surface area contributed by atoms with E-state index in [2.05, 4.69) is 11.9 Å². The van der Waals surface area contributed by atoms with Gasteiger partial charge in [0.2, 0.25) is 0 Å². The summed E-state index contributed by atoms with van der Waals surface area (Å²) in [5, 5.41) is 13.5. The van der Waals surface area contributed by atoms with Crippen LogP contribution in [0.5, 0.6) is 0 Å². The van der Waals surface area contributed by atoms with Crippen molar-refractivity contribution in [3.63, 3.8) is 0 Å². The summed E-state index contributed by atoms with van der Waals surface area (Å²) in [6.45, 7) is 6.14. The lowest BCUT2D eigenvalue weighted by atomic mass is 10.1. The van der Waals surface area contributed by atoms with Gasteiger partial charge >= 0.3 is 0 Å². The van der Waals surface area contributed by atoms with E-state index in [9.17, 15) is 10.1 Å². The van der Waals surface area contributed by atoms with E-state index < -0.39 is 0 Å². The van der Waals surface area contributed by atoms with Crippen molar-refractivity contribution in [2.24, 2.45) is 0 Å². The molecular weight excluding hydrogens is 192 g/mol. The van der Waals surface area contributed by atoms with Crippen LogP contribution >= 0.6 is 0 Å². The molecule has 0 bridgehead atoms. The predicted molar refractivity (Wildman–Crippen MR) is 61.2 cm³/mol. The first-order chi connectivity index (χ1) is 7.19. The number of nitro groups is 1. The van der Waals surface area contributed by atoms with Crippen molar-refractivity contribution in [3.8, 4) is 0 Å². The molecule has 1 aromatic carbocycles. The minimum absolute atomic E-state index is 0.178. The maximum absolute atomic E-state index is 10.4. The highest BCUT2D eigenvalue weighted by molar-refractivity contribution is 5.59. The SMILES string of the molecule is C=CC.O=[N+]([O-])c1ccc2c(c1)CCN2. The number of rotatable bonds is 1. The molecule has 1 N–H and O–H groups in total. The van der Waals surface area contributed by atoms with Crippen LogP contribution in [0.2, 0.25) is 0 Å². The lowest BCUT2D eigenvalue weighted by Gasteiger charge is -1.97. The average molecular weight is 206 g/mol. The molecular formula is C11H14N2O2. The molecule has 0 spiro atoms. The zero-order valence-corrected chi connectivity index (χ0v) is 8.69. The van der Waals surface area contributed by atoms with E-state index >= 15 is 0 Å². The number of hydrogen-bond donors (Lipinski definition) is 1. The third kappa shape index (κ3) is 2.80. The average Bonchev–Trinajstić information content (AvgIpc) is 2.65. The van der Waals surface area contributed by atoms with Crippen molar-refractivity contribution in [1.82, 2.24) is 0 Å². The Balaban J connectivity index is 0.000000337. The van der Waals surface area contributed by atoms with Crippen LogP contribution in [0.4, 0.5) is 11.4 Å². The third-order valence-electron chi connectivity index (χ3n) is 2.01. The molecule has 1 aliphatic heterocycles. The topological polar surface area (TPSA) is 55.2 Å². The fraction of sp³-hybridized carbons (Fsp3) is 0.273. The summed E-state index contributed by atoms with van der Waals surface area (Å²) in [6, 6.07) is 4.92. The summed E-state index contributed by atoms with van der Waals surface area (Å²) < 4.78 is 0. The molecule has 0 aromatic heterocycles. The Kier molecular flexibility index (Phi) is 3.85. The van der Waals surface area contributed by atoms with Crippen molar-refractivity contribution in [2.75, 3.05) is 11.9 Å². The molecule has 4 nitrogen and oxygen atoms in total. The lowest BCUT2D eigenvalue weighted by molar-refractivity contribution is -0.384. The summed E-state index contributed by atoms with van der Waals surface area (Å²) in [7, 11) is 0. The van der Waals surface area contributed by atoms with E-state index in [1.807, 2.05) is 6.92 Å². The van der Waals surface area contributed by atoms with E-state index in [1.54, 1.807) is 18.2 Å². The number of non-ortho nitro benzene ring substituents is 1. The van der Waals surface area contributed by atoms with Crippen molar-refractivity contribution < 1.29 is 4.92 Å². The van der Waals surface area contributed by atoms with Gasteiger partial charge in [-0.2, -0.15) is 0 Å². The van der Waals surface area contributed by atoms with Gasteiger partial charge in [0.1, 0.15) is 0 Å². The highest BCUT2D eigenvalue weighted by Crippen LogP contribution is 2.25. The Morgan fingerprint density at radius 3 is 2.87 bits per heavy atom. The molecule has 15 heavy (non-hydrogen) atoms. The van der Waals surface area contributed by atoms with Crippen molar-refractivity contribution in [2.45, 2.75) is 13.3 Å². The number of nitrogens with zero attached hydrogens (tertiary/aromatic N) is 1. The molecule has 1 heterocycles. The quantitative estimate of drug-likeness (QED) is 0.436. The van der Waals surface area contributed by atoms with Gasteiger partial charge in [-0.05, 0) is 25.0 Å². The van der Waals surface area contributed by atoms with Crippen LogP contribution in [-0.4, -0.2) is 11.5 Å². The van der Waals surface area contributed by atoms with Gasteiger partial charge in [-0.15, -0.1) is 6.58 Å². The van der Waals surface area contributed by atoms with E-state index in [1.165, 1.54) is 6.07 Å². The summed E-state index contributed by atoms with van der Waals surface area (Å²) in [5.74, 6) is 0. The standard InChI is InChI=1S/C8H8N2O2.C3H6/c11-10(12)7-1-2-8-6(5-7)3-4-9-8;1-3-2/h1-2,5,9H,3-4H2;3H,1H2,2H3. The van der Waals surface area contributed by atoms with Crippen molar-refractivity contribution in [1.29, 1.82) is 0 Å². The molecule has 1 aliphatic rings. The number of benzene rings is 1. The van der Waals surface area contributed by atoms with Gasteiger partial charge in [0.25, 0.3) is 5.69 Å². The second-order valence-electron chi connectivity index (χ2n) is 3.18. The number of fused-ring (bicyclic) bond motifs is 1. The van der Waals surface area contributed by atoms with E-state index in [4.69, 9.17) is 0 Å². The van der Waals surface area contributed by atoms with Crippen LogP contribution in [0.15, 0.2) is 30.9 Å². The summed E-state index contributed by atoms with van der Waals surface area (Å²) in [5.41, 5.74) is 2.25. The van der Waals surface area contributed by atoms with Gasteiger partial charge in [-0.1, -0.05) is 6.08 Å². The Bertz CT molecular complexity index is 375. The lowest BCUT2D eigenvalue weighted by Crippen LogP contribution is -1.90. The monoisotopic (exact) mass is 206 g/mol. The van der Waals surface area contributed by atoms with Crippen LogP contribution in [0.3, 0.4) is 0 Å².